The minimum atomic E-state index is -0.746. The molecule has 2 aliphatic rings. The zero-order valence-electron chi connectivity index (χ0n) is 11.9. The molecule has 3 nitrogen and oxygen atoms in total. The predicted molar refractivity (Wildman–Crippen MR) is 78.8 cm³/mol. The molecule has 3 rings (SSSR count). The van der Waals surface area contributed by atoms with Crippen LogP contribution in [0.1, 0.15) is 37.8 Å². The fourth-order valence-corrected chi connectivity index (χ4v) is 4.21. The average Bonchev–Trinajstić information content (AvgIpc) is 3.00. The van der Waals surface area contributed by atoms with Crippen LogP contribution in [0.5, 0.6) is 0 Å². The van der Waals surface area contributed by atoms with Crippen molar-refractivity contribution < 1.29 is 14.3 Å². The number of carboxylic acid groups (broad SMARTS) is 1. The van der Waals surface area contributed by atoms with E-state index in [1.165, 1.54) is 6.07 Å². The van der Waals surface area contributed by atoms with Gasteiger partial charge in [-0.05, 0) is 49.3 Å². The maximum Gasteiger partial charge on any atom is 0.321 e. The van der Waals surface area contributed by atoms with Crippen molar-refractivity contribution in [2.45, 2.75) is 38.3 Å². The van der Waals surface area contributed by atoms with Crippen LogP contribution >= 0.6 is 11.6 Å². The summed E-state index contributed by atoms with van der Waals surface area (Å²) in [7, 11) is 0. The van der Waals surface area contributed by atoms with E-state index < -0.39 is 17.8 Å². The predicted octanol–water partition coefficient (Wildman–Crippen LogP) is 3.73. The van der Waals surface area contributed by atoms with Gasteiger partial charge < -0.3 is 5.11 Å². The summed E-state index contributed by atoms with van der Waals surface area (Å²) in [5, 5.41) is 9.69. The molecule has 4 unspecified atom stereocenters. The van der Waals surface area contributed by atoms with Crippen molar-refractivity contribution in [1.82, 2.24) is 4.90 Å². The summed E-state index contributed by atoms with van der Waals surface area (Å²) in [6.45, 7) is 2.78. The molecule has 0 bridgehead atoms. The molecule has 1 heterocycles. The van der Waals surface area contributed by atoms with Gasteiger partial charge in [0.05, 0.1) is 5.02 Å². The molecular formula is C16H19ClFNO2. The molecule has 1 N–H and O–H groups in total. The van der Waals surface area contributed by atoms with Gasteiger partial charge in [0.2, 0.25) is 0 Å². The summed E-state index contributed by atoms with van der Waals surface area (Å²) in [6, 6.07) is 4.14. The standard InChI is InChI=1S/C16H19ClFNO2/c1-9(10-5-6-14(18)13(17)7-10)19-8-11-3-2-4-12(11)15(19)16(20)21/h5-7,9,11-12,15H,2-4,8H2,1H3,(H,20,21). The quantitative estimate of drug-likeness (QED) is 0.924. The first-order valence-corrected chi connectivity index (χ1v) is 7.80. The maximum absolute atomic E-state index is 13.3. The highest BCUT2D eigenvalue weighted by atomic mass is 35.5. The highest BCUT2D eigenvalue weighted by molar-refractivity contribution is 6.30. The number of aliphatic carboxylic acids is 1. The molecule has 0 aromatic heterocycles. The largest absolute Gasteiger partial charge is 0.480 e. The molecule has 114 valence electrons. The van der Waals surface area contributed by atoms with Gasteiger partial charge in [0.25, 0.3) is 0 Å². The van der Waals surface area contributed by atoms with E-state index >= 15 is 0 Å². The maximum atomic E-state index is 13.3. The second-order valence-electron chi connectivity index (χ2n) is 6.18. The lowest BCUT2D eigenvalue weighted by Gasteiger charge is -2.30. The number of hydrogen-bond donors (Lipinski definition) is 1. The van der Waals surface area contributed by atoms with E-state index in [4.69, 9.17) is 11.6 Å². The third kappa shape index (κ3) is 2.55. The Labute approximate surface area is 128 Å². The zero-order valence-corrected chi connectivity index (χ0v) is 12.7. The monoisotopic (exact) mass is 311 g/mol. The van der Waals surface area contributed by atoms with E-state index in [9.17, 15) is 14.3 Å². The number of fused-ring (bicyclic) bond motifs is 1. The lowest BCUT2D eigenvalue weighted by atomic mass is 9.94. The normalized spacial score (nSPS) is 30.3. The van der Waals surface area contributed by atoms with Crippen molar-refractivity contribution >= 4 is 17.6 Å². The molecule has 1 aromatic carbocycles. The number of halogens is 2. The molecule has 0 spiro atoms. The van der Waals surface area contributed by atoms with Crippen LogP contribution in [0.3, 0.4) is 0 Å². The van der Waals surface area contributed by atoms with Crippen molar-refractivity contribution in [3.8, 4) is 0 Å². The molecular weight excluding hydrogens is 293 g/mol. The van der Waals surface area contributed by atoms with E-state index in [2.05, 4.69) is 0 Å². The van der Waals surface area contributed by atoms with Crippen molar-refractivity contribution in [3.05, 3.63) is 34.6 Å². The van der Waals surface area contributed by atoms with Crippen LogP contribution in [0, 0.1) is 17.7 Å². The van der Waals surface area contributed by atoms with Crippen LogP contribution in [0.2, 0.25) is 5.02 Å². The Morgan fingerprint density at radius 2 is 2.24 bits per heavy atom. The van der Waals surface area contributed by atoms with Gasteiger partial charge in [0, 0.05) is 12.6 Å². The van der Waals surface area contributed by atoms with Gasteiger partial charge in [-0.15, -0.1) is 0 Å². The number of carboxylic acids is 1. The van der Waals surface area contributed by atoms with Gasteiger partial charge in [-0.2, -0.15) is 0 Å². The number of hydrogen-bond acceptors (Lipinski definition) is 2. The Kier molecular flexibility index (Phi) is 3.93. The first kappa shape index (κ1) is 14.8. The van der Waals surface area contributed by atoms with Crippen molar-refractivity contribution in [1.29, 1.82) is 0 Å². The minimum absolute atomic E-state index is 0.0743. The second kappa shape index (κ2) is 5.58. The molecule has 1 aliphatic heterocycles. The van der Waals surface area contributed by atoms with E-state index in [0.29, 0.717) is 5.92 Å². The molecule has 21 heavy (non-hydrogen) atoms. The van der Waals surface area contributed by atoms with Crippen LogP contribution in [-0.2, 0) is 4.79 Å². The highest BCUT2D eigenvalue weighted by Gasteiger charge is 2.49. The molecule has 2 fully saturated rings. The Morgan fingerprint density at radius 1 is 1.48 bits per heavy atom. The molecule has 1 aromatic rings. The molecule has 4 atom stereocenters. The third-order valence-electron chi connectivity index (χ3n) is 5.10. The summed E-state index contributed by atoms with van der Waals surface area (Å²) in [4.78, 5) is 13.7. The van der Waals surface area contributed by atoms with Crippen LogP contribution in [0.25, 0.3) is 0 Å². The van der Waals surface area contributed by atoms with Crippen LogP contribution in [-0.4, -0.2) is 28.6 Å². The molecule has 1 saturated heterocycles. The summed E-state index contributed by atoms with van der Waals surface area (Å²) < 4.78 is 13.3. The Hall–Kier alpha value is -1.13. The summed E-state index contributed by atoms with van der Waals surface area (Å²) in [5.41, 5.74) is 0.868. The zero-order chi connectivity index (χ0) is 15.1. The molecule has 1 saturated carbocycles. The highest BCUT2D eigenvalue weighted by Crippen LogP contribution is 2.45. The summed E-state index contributed by atoms with van der Waals surface area (Å²) >= 11 is 5.85. The Bertz CT molecular complexity index is 565. The topological polar surface area (TPSA) is 40.5 Å². The smallest absolute Gasteiger partial charge is 0.321 e. The van der Waals surface area contributed by atoms with Crippen molar-refractivity contribution in [3.63, 3.8) is 0 Å². The van der Waals surface area contributed by atoms with E-state index in [0.717, 1.165) is 31.4 Å². The van der Waals surface area contributed by atoms with Gasteiger partial charge in [0.15, 0.2) is 0 Å². The second-order valence-corrected chi connectivity index (χ2v) is 6.59. The summed E-state index contributed by atoms with van der Waals surface area (Å²) in [6.07, 6.45) is 3.24. The first-order chi connectivity index (χ1) is 9.99. The number of nitrogens with zero attached hydrogens (tertiary/aromatic N) is 1. The lowest BCUT2D eigenvalue weighted by Crippen LogP contribution is -2.41. The molecule has 5 heteroatoms. The lowest BCUT2D eigenvalue weighted by molar-refractivity contribution is -0.144. The van der Waals surface area contributed by atoms with Crippen LogP contribution in [0.4, 0.5) is 4.39 Å². The fraction of sp³-hybridized carbons (Fsp3) is 0.562. The van der Waals surface area contributed by atoms with E-state index in [-0.39, 0.29) is 17.0 Å². The molecule has 0 radical (unpaired) electrons. The average molecular weight is 312 g/mol. The number of likely N-dealkylation sites (tertiary alicyclic amines) is 1. The van der Waals surface area contributed by atoms with Crippen molar-refractivity contribution in [2.75, 3.05) is 6.54 Å². The first-order valence-electron chi connectivity index (χ1n) is 7.42. The fourth-order valence-electron chi connectivity index (χ4n) is 4.03. The number of benzene rings is 1. The van der Waals surface area contributed by atoms with Gasteiger partial charge in [-0.25, -0.2) is 4.39 Å². The number of rotatable bonds is 3. The van der Waals surface area contributed by atoms with Crippen LogP contribution < -0.4 is 0 Å². The van der Waals surface area contributed by atoms with Gasteiger partial charge in [0.1, 0.15) is 11.9 Å². The van der Waals surface area contributed by atoms with Gasteiger partial charge >= 0.3 is 5.97 Å². The third-order valence-corrected chi connectivity index (χ3v) is 5.39. The molecule has 1 aliphatic carbocycles. The Balaban J connectivity index is 1.87. The Morgan fingerprint density at radius 3 is 2.90 bits per heavy atom. The van der Waals surface area contributed by atoms with Gasteiger partial charge in [-0.1, -0.05) is 24.1 Å². The van der Waals surface area contributed by atoms with E-state index in [1.807, 2.05) is 11.8 Å². The van der Waals surface area contributed by atoms with Crippen molar-refractivity contribution in [2.24, 2.45) is 11.8 Å². The molecule has 0 amide bonds. The van der Waals surface area contributed by atoms with E-state index in [1.54, 1.807) is 12.1 Å². The minimum Gasteiger partial charge on any atom is -0.480 e. The van der Waals surface area contributed by atoms with Crippen LogP contribution in [0.15, 0.2) is 18.2 Å². The van der Waals surface area contributed by atoms with Gasteiger partial charge in [-0.3, -0.25) is 9.69 Å². The summed E-state index contributed by atoms with van der Waals surface area (Å²) in [5.74, 6) is -0.463. The number of carbonyl (C=O) groups is 1. The SMILES string of the molecule is CC(c1ccc(F)c(Cl)c1)N1CC2CCCC2C1C(=O)O.